The third-order valence-corrected chi connectivity index (χ3v) is 4.71. The largest absolute Gasteiger partial charge is 0.494 e. The number of anilines is 1. The monoisotopic (exact) mass is 401 g/mol. The van der Waals surface area contributed by atoms with Crippen LogP contribution in [0.5, 0.6) is 5.75 Å². The summed E-state index contributed by atoms with van der Waals surface area (Å²) in [4.78, 5) is 13.0. The second-order valence-electron chi connectivity index (χ2n) is 6.01. The Labute approximate surface area is 168 Å². The lowest BCUT2D eigenvalue weighted by molar-refractivity contribution is -0.113. The molecule has 7 heteroatoms. The number of nitrogens with one attached hydrogen (secondary N) is 3. The zero-order valence-electron chi connectivity index (χ0n) is 15.0. The maximum atomic E-state index is 13.0. The predicted octanol–water partition coefficient (Wildman–Crippen LogP) is 4.17. The third-order valence-electron chi connectivity index (χ3n) is 4.16. The zero-order valence-corrected chi connectivity index (χ0v) is 16.6. The number of rotatable bonds is 5. The Kier molecular flexibility index (Phi) is 5.98. The molecule has 1 aliphatic heterocycles. The van der Waals surface area contributed by atoms with Gasteiger partial charge in [0.15, 0.2) is 5.11 Å². The minimum absolute atomic E-state index is 0.248. The van der Waals surface area contributed by atoms with Gasteiger partial charge in [0.05, 0.1) is 28.9 Å². The van der Waals surface area contributed by atoms with Crippen LogP contribution in [-0.4, -0.2) is 17.6 Å². The van der Waals surface area contributed by atoms with Gasteiger partial charge in [-0.3, -0.25) is 4.79 Å². The number of ether oxygens (including phenoxy) is 1. The fourth-order valence-corrected chi connectivity index (χ4v) is 3.37. The van der Waals surface area contributed by atoms with E-state index in [1.54, 1.807) is 12.1 Å². The number of halogens is 1. The lowest BCUT2D eigenvalue weighted by Crippen LogP contribution is -2.45. The predicted molar refractivity (Wildman–Crippen MR) is 112 cm³/mol. The average molecular weight is 402 g/mol. The molecule has 0 unspecified atom stereocenters. The fourth-order valence-electron chi connectivity index (χ4n) is 2.92. The lowest BCUT2D eigenvalue weighted by Gasteiger charge is -2.30. The van der Waals surface area contributed by atoms with E-state index in [-0.39, 0.29) is 11.9 Å². The molecule has 0 spiro atoms. The van der Waals surface area contributed by atoms with Crippen LogP contribution in [-0.2, 0) is 4.79 Å². The Hall–Kier alpha value is -2.57. The number of allylic oxidation sites excluding steroid dienone is 1. The number of benzene rings is 2. The van der Waals surface area contributed by atoms with Gasteiger partial charge in [-0.1, -0.05) is 35.9 Å². The molecule has 0 radical (unpaired) electrons. The Bertz CT molecular complexity index is 896. The van der Waals surface area contributed by atoms with Gasteiger partial charge in [-0.05, 0) is 55.9 Å². The summed E-state index contributed by atoms with van der Waals surface area (Å²) in [5.41, 5.74) is 2.71. The number of hydrogen-bond donors (Lipinski definition) is 3. The molecule has 1 amide bonds. The minimum atomic E-state index is -0.378. The number of thiocarbonyl (C=S) groups is 1. The second kappa shape index (κ2) is 8.41. The number of hydrogen-bond acceptors (Lipinski definition) is 3. The summed E-state index contributed by atoms with van der Waals surface area (Å²) < 4.78 is 5.49. The van der Waals surface area contributed by atoms with Crippen LogP contribution in [0.3, 0.4) is 0 Å². The van der Waals surface area contributed by atoms with Crippen LogP contribution in [0.4, 0.5) is 5.69 Å². The highest BCUT2D eigenvalue weighted by molar-refractivity contribution is 7.80. The standard InChI is InChI=1S/C20H20ClN3O2S/c1-3-26-14-10-8-13(9-11-14)18-17(12(2)22-20(27)24-18)19(25)23-16-7-5-4-6-15(16)21/h4-11,18H,3H2,1-2H3,(H,23,25)(H2,22,24,27)/t18-/m0/s1. The van der Waals surface area contributed by atoms with Crippen molar-refractivity contribution in [3.63, 3.8) is 0 Å². The maximum Gasteiger partial charge on any atom is 0.255 e. The molecule has 1 aliphatic rings. The van der Waals surface area contributed by atoms with Crippen molar-refractivity contribution in [2.45, 2.75) is 19.9 Å². The normalized spacial score (nSPS) is 16.4. The molecule has 0 saturated carbocycles. The number of amides is 1. The third kappa shape index (κ3) is 4.40. The van der Waals surface area contributed by atoms with Gasteiger partial charge in [-0.25, -0.2) is 0 Å². The van der Waals surface area contributed by atoms with Gasteiger partial charge in [-0.2, -0.15) is 0 Å². The smallest absolute Gasteiger partial charge is 0.255 e. The van der Waals surface area contributed by atoms with E-state index in [9.17, 15) is 4.79 Å². The first-order chi connectivity index (χ1) is 13.0. The molecule has 5 nitrogen and oxygen atoms in total. The van der Waals surface area contributed by atoms with E-state index in [1.165, 1.54) is 0 Å². The summed E-state index contributed by atoms with van der Waals surface area (Å²) >= 11 is 11.5. The van der Waals surface area contributed by atoms with Crippen molar-refractivity contribution < 1.29 is 9.53 Å². The van der Waals surface area contributed by atoms with Gasteiger partial charge in [-0.15, -0.1) is 0 Å². The van der Waals surface area contributed by atoms with Crippen LogP contribution in [0.25, 0.3) is 0 Å². The highest BCUT2D eigenvalue weighted by Gasteiger charge is 2.30. The Balaban J connectivity index is 1.91. The van der Waals surface area contributed by atoms with E-state index in [0.29, 0.717) is 33.7 Å². The molecule has 140 valence electrons. The Morgan fingerprint density at radius 1 is 1.22 bits per heavy atom. The topological polar surface area (TPSA) is 62.4 Å². The van der Waals surface area contributed by atoms with Gasteiger partial charge in [0.1, 0.15) is 5.75 Å². The van der Waals surface area contributed by atoms with Crippen LogP contribution in [0.1, 0.15) is 25.5 Å². The van der Waals surface area contributed by atoms with Crippen LogP contribution in [0, 0.1) is 0 Å². The molecule has 1 atom stereocenters. The van der Waals surface area contributed by atoms with Crippen molar-refractivity contribution in [2.75, 3.05) is 11.9 Å². The summed E-state index contributed by atoms with van der Waals surface area (Å²) in [6.45, 7) is 4.36. The van der Waals surface area contributed by atoms with Gasteiger partial charge in [0.2, 0.25) is 0 Å². The lowest BCUT2D eigenvalue weighted by atomic mass is 9.95. The van der Waals surface area contributed by atoms with Gasteiger partial charge < -0.3 is 20.7 Å². The summed E-state index contributed by atoms with van der Waals surface area (Å²) in [6.07, 6.45) is 0. The number of para-hydroxylation sites is 1. The molecule has 2 aromatic rings. The molecule has 0 aliphatic carbocycles. The number of carbonyl (C=O) groups excluding carboxylic acids is 1. The van der Waals surface area contributed by atoms with E-state index in [1.807, 2.05) is 50.2 Å². The van der Waals surface area contributed by atoms with E-state index in [2.05, 4.69) is 16.0 Å². The molecule has 3 N–H and O–H groups in total. The molecule has 0 saturated heterocycles. The minimum Gasteiger partial charge on any atom is -0.494 e. The molecule has 27 heavy (non-hydrogen) atoms. The van der Waals surface area contributed by atoms with Crippen molar-refractivity contribution in [2.24, 2.45) is 0 Å². The first kappa shape index (κ1) is 19.2. The second-order valence-corrected chi connectivity index (χ2v) is 6.82. The first-order valence-corrected chi connectivity index (χ1v) is 9.35. The zero-order chi connectivity index (χ0) is 19.4. The van der Waals surface area contributed by atoms with Crippen molar-refractivity contribution in [3.8, 4) is 5.75 Å². The van der Waals surface area contributed by atoms with E-state index in [0.717, 1.165) is 11.3 Å². The van der Waals surface area contributed by atoms with Crippen LogP contribution < -0.4 is 20.7 Å². The highest BCUT2D eigenvalue weighted by Crippen LogP contribution is 2.30. The van der Waals surface area contributed by atoms with Crippen LogP contribution in [0.2, 0.25) is 5.02 Å². The molecule has 0 aromatic heterocycles. The molecule has 0 bridgehead atoms. The fraction of sp³-hybridized carbons (Fsp3) is 0.200. The van der Waals surface area contributed by atoms with E-state index in [4.69, 9.17) is 28.6 Å². The van der Waals surface area contributed by atoms with Crippen molar-refractivity contribution in [3.05, 3.63) is 70.4 Å². The quantitative estimate of drug-likeness (QED) is 0.656. The number of carbonyl (C=O) groups is 1. The van der Waals surface area contributed by atoms with Crippen molar-refractivity contribution in [1.29, 1.82) is 0 Å². The molecule has 2 aromatic carbocycles. The summed E-state index contributed by atoms with van der Waals surface area (Å²) in [6, 6.07) is 14.4. The molecule has 0 fully saturated rings. The summed E-state index contributed by atoms with van der Waals surface area (Å²) in [7, 11) is 0. The highest BCUT2D eigenvalue weighted by atomic mass is 35.5. The summed E-state index contributed by atoms with van der Waals surface area (Å²) in [5.74, 6) is 0.530. The van der Waals surface area contributed by atoms with Crippen LogP contribution >= 0.6 is 23.8 Å². The van der Waals surface area contributed by atoms with Crippen molar-refractivity contribution >= 4 is 40.5 Å². The Morgan fingerprint density at radius 2 is 1.93 bits per heavy atom. The SMILES string of the molecule is CCOc1ccc([C@@H]2NC(=S)NC(C)=C2C(=O)Nc2ccccc2Cl)cc1. The molecule has 3 rings (SSSR count). The van der Waals surface area contributed by atoms with Gasteiger partial charge in [0.25, 0.3) is 5.91 Å². The maximum absolute atomic E-state index is 13.0. The van der Waals surface area contributed by atoms with Gasteiger partial charge >= 0.3 is 0 Å². The first-order valence-electron chi connectivity index (χ1n) is 8.56. The molecular weight excluding hydrogens is 382 g/mol. The van der Waals surface area contributed by atoms with Gasteiger partial charge in [0, 0.05) is 5.70 Å². The van der Waals surface area contributed by atoms with E-state index >= 15 is 0 Å². The van der Waals surface area contributed by atoms with Crippen LogP contribution in [0.15, 0.2) is 59.8 Å². The average Bonchev–Trinajstić information content (AvgIpc) is 2.64. The van der Waals surface area contributed by atoms with Crippen molar-refractivity contribution in [1.82, 2.24) is 10.6 Å². The molecular formula is C20H20ClN3O2S. The van der Waals surface area contributed by atoms with E-state index < -0.39 is 0 Å². The molecule has 1 heterocycles. The Morgan fingerprint density at radius 3 is 2.59 bits per heavy atom. The summed E-state index contributed by atoms with van der Waals surface area (Å²) in [5, 5.41) is 10.0.